The van der Waals surface area contributed by atoms with E-state index >= 15 is 0 Å². The number of carboxylic acids is 1. The highest BCUT2D eigenvalue weighted by Gasteiger charge is 2.21. The maximum absolute atomic E-state index is 12.0. The van der Waals surface area contributed by atoms with Gasteiger partial charge in [-0.25, -0.2) is 9.59 Å². The number of amides is 2. The summed E-state index contributed by atoms with van der Waals surface area (Å²) in [5.41, 5.74) is 0.888. The van der Waals surface area contributed by atoms with Crippen molar-refractivity contribution in [3.05, 3.63) is 35.9 Å². The first-order valence-corrected chi connectivity index (χ1v) is 7.33. The molecule has 0 aliphatic heterocycles. The van der Waals surface area contributed by atoms with Crippen molar-refractivity contribution >= 4 is 12.0 Å². The summed E-state index contributed by atoms with van der Waals surface area (Å²) in [4.78, 5) is 24.8. The number of rotatable bonds is 8. The molecule has 0 unspecified atom stereocenters. The lowest BCUT2D eigenvalue weighted by Gasteiger charge is -2.21. The predicted octanol–water partition coefficient (Wildman–Crippen LogP) is 2.51. The summed E-state index contributed by atoms with van der Waals surface area (Å²) >= 11 is 0. The van der Waals surface area contributed by atoms with Crippen LogP contribution in [0.2, 0.25) is 0 Å². The molecular weight excluding hydrogens is 268 g/mol. The standard InChI is InChI=1S/C16H24N2O3/c1-3-4-8-11-18(2)16(21)17-14(15(19)20)12-13-9-6-5-7-10-13/h5-7,9-10,14H,3-4,8,11-12H2,1-2H3,(H,17,21)(H,19,20)/t14-/m0/s1. The van der Waals surface area contributed by atoms with Gasteiger partial charge in [-0.1, -0.05) is 50.1 Å². The van der Waals surface area contributed by atoms with E-state index in [-0.39, 0.29) is 12.5 Å². The second-order valence-corrected chi connectivity index (χ2v) is 5.16. The molecule has 2 amide bonds. The number of nitrogens with one attached hydrogen (secondary N) is 1. The zero-order chi connectivity index (χ0) is 15.7. The monoisotopic (exact) mass is 292 g/mol. The maximum Gasteiger partial charge on any atom is 0.326 e. The molecule has 1 atom stereocenters. The molecule has 5 nitrogen and oxygen atoms in total. The molecule has 0 aliphatic rings. The van der Waals surface area contributed by atoms with Crippen LogP contribution in [0, 0.1) is 0 Å². The summed E-state index contributed by atoms with van der Waals surface area (Å²) in [7, 11) is 1.69. The Morgan fingerprint density at radius 2 is 1.90 bits per heavy atom. The molecule has 2 N–H and O–H groups in total. The van der Waals surface area contributed by atoms with Crippen molar-refractivity contribution in [1.29, 1.82) is 0 Å². The number of benzene rings is 1. The van der Waals surface area contributed by atoms with Gasteiger partial charge >= 0.3 is 12.0 Å². The number of urea groups is 1. The lowest BCUT2D eigenvalue weighted by Crippen LogP contribution is -2.47. The summed E-state index contributed by atoms with van der Waals surface area (Å²) in [5.74, 6) is -1.02. The van der Waals surface area contributed by atoms with Gasteiger partial charge in [0, 0.05) is 20.0 Å². The number of carbonyl (C=O) groups excluding carboxylic acids is 1. The minimum atomic E-state index is -1.02. The van der Waals surface area contributed by atoms with E-state index < -0.39 is 12.0 Å². The molecule has 1 rings (SSSR count). The number of hydrogen-bond acceptors (Lipinski definition) is 2. The Bertz CT molecular complexity index is 448. The van der Waals surface area contributed by atoms with E-state index in [4.69, 9.17) is 0 Å². The Labute approximate surface area is 126 Å². The van der Waals surface area contributed by atoms with Gasteiger partial charge in [-0.15, -0.1) is 0 Å². The fourth-order valence-electron chi connectivity index (χ4n) is 2.01. The first-order chi connectivity index (χ1) is 10.0. The van der Waals surface area contributed by atoms with E-state index in [2.05, 4.69) is 12.2 Å². The van der Waals surface area contributed by atoms with Crippen molar-refractivity contribution in [3.8, 4) is 0 Å². The van der Waals surface area contributed by atoms with Gasteiger partial charge in [0.15, 0.2) is 0 Å². The molecule has 116 valence electrons. The van der Waals surface area contributed by atoms with E-state index in [1.807, 2.05) is 30.3 Å². The maximum atomic E-state index is 12.0. The Hall–Kier alpha value is -2.04. The van der Waals surface area contributed by atoms with E-state index in [0.717, 1.165) is 24.8 Å². The first kappa shape index (κ1) is 17.0. The molecule has 1 aromatic carbocycles. The van der Waals surface area contributed by atoms with Gasteiger partial charge in [0.05, 0.1) is 0 Å². The highest BCUT2D eigenvalue weighted by atomic mass is 16.4. The highest BCUT2D eigenvalue weighted by Crippen LogP contribution is 2.04. The number of aliphatic carboxylic acids is 1. The number of carbonyl (C=O) groups is 2. The molecule has 5 heteroatoms. The number of carboxylic acid groups (broad SMARTS) is 1. The fourth-order valence-corrected chi connectivity index (χ4v) is 2.01. The van der Waals surface area contributed by atoms with E-state index in [0.29, 0.717) is 6.54 Å². The smallest absolute Gasteiger partial charge is 0.326 e. The second-order valence-electron chi connectivity index (χ2n) is 5.16. The van der Waals surface area contributed by atoms with Gasteiger partial charge in [0.2, 0.25) is 0 Å². The van der Waals surface area contributed by atoms with Gasteiger partial charge in [-0.2, -0.15) is 0 Å². The topological polar surface area (TPSA) is 69.6 Å². The minimum absolute atomic E-state index is 0.282. The van der Waals surface area contributed by atoms with E-state index in [1.165, 1.54) is 4.90 Å². The van der Waals surface area contributed by atoms with Crippen LogP contribution < -0.4 is 5.32 Å². The average Bonchev–Trinajstić information content (AvgIpc) is 2.47. The predicted molar refractivity (Wildman–Crippen MR) is 82.3 cm³/mol. The molecule has 0 spiro atoms. The van der Waals surface area contributed by atoms with Crippen LogP contribution in [0.15, 0.2) is 30.3 Å². The van der Waals surface area contributed by atoms with Crippen LogP contribution in [0.25, 0.3) is 0 Å². The van der Waals surface area contributed by atoms with Gasteiger partial charge in [-0.05, 0) is 12.0 Å². The Morgan fingerprint density at radius 3 is 2.48 bits per heavy atom. The molecular formula is C16H24N2O3. The van der Waals surface area contributed by atoms with Gasteiger partial charge in [-0.3, -0.25) is 0 Å². The summed E-state index contributed by atoms with van der Waals surface area (Å²) in [6, 6.07) is 8.04. The van der Waals surface area contributed by atoms with Crippen molar-refractivity contribution in [3.63, 3.8) is 0 Å². The van der Waals surface area contributed by atoms with Crippen molar-refractivity contribution < 1.29 is 14.7 Å². The fraction of sp³-hybridized carbons (Fsp3) is 0.500. The lowest BCUT2D eigenvalue weighted by atomic mass is 10.1. The van der Waals surface area contributed by atoms with Crippen LogP contribution in [0.5, 0.6) is 0 Å². The second kappa shape index (κ2) is 9.00. The molecule has 0 fully saturated rings. The Kier molecular flexibility index (Phi) is 7.29. The summed E-state index contributed by atoms with van der Waals surface area (Å²) < 4.78 is 0. The van der Waals surface area contributed by atoms with Crippen LogP contribution in [-0.2, 0) is 11.2 Å². The summed E-state index contributed by atoms with van der Waals surface area (Å²) in [6.07, 6.45) is 3.35. The average molecular weight is 292 g/mol. The van der Waals surface area contributed by atoms with Crippen LogP contribution in [0.1, 0.15) is 31.7 Å². The Balaban J connectivity index is 2.54. The summed E-state index contributed by atoms with van der Waals surface area (Å²) in [6.45, 7) is 2.73. The zero-order valence-corrected chi connectivity index (χ0v) is 12.7. The molecule has 0 bridgehead atoms. The van der Waals surface area contributed by atoms with Crippen molar-refractivity contribution in [2.24, 2.45) is 0 Å². The molecule has 0 aromatic heterocycles. The normalized spacial score (nSPS) is 11.7. The third-order valence-electron chi connectivity index (χ3n) is 3.32. The van der Waals surface area contributed by atoms with Gasteiger partial charge in [0.25, 0.3) is 0 Å². The quantitative estimate of drug-likeness (QED) is 0.723. The van der Waals surface area contributed by atoms with E-state index in [9.17, 15) is 14.7 Å². The minimum Gasteiger partial charge on any atom is -0.480 e. The van der Waals surface area contributed by atoms with Gasteiger partial charge < -0.3 is 15.3 Å². The third kappa shape index (κ3) is 6.29. The Morgan fingerprint density at radius 1 is 1.24 bits per heavy atom. The van der Waals surface area contributed by atoms with Crippen LogP contribution in [-0.4, -0.2) is 41.6 Å². The SMILES string of the molecule is CCCCCN(C)C(=O)N[C@@H](Cc1ccccc1)C(=O)O. The van der Waals surface area contributed by atoms with Crippen LogP contribution >= 0.6 is 0 Å². The van der Waals surface area contributed by atoms with Crippen LogP contribution in [0.3, 0.4) is 0 Å². The molecule has 0 heterocycles. The molecule has 21 heavy (non-hydrogen) atoms. The lowest BCUT2D eigenvalue weighted by molar-refractivity contribution is -0.139. The van der Waals surface area contributed by atoms with Crippen molar-refractivity contribution in [2.45, 2.75) is 38.6 Å². The van der Waals surface area contributed by atoms with E-state index in [1.54, 1.807) is 7.05 Å². The molecule has 1 aromatic rings. The third-order valence-corrected chi connectivity index (χ3v) is 3.32. The number of nitrogens with zero attached hydrogens (tertiary/aromatic N) is 1. The molecule has 0 saturated carbocycles. The van der Waals surface area contributed by atoms with Gasteiger partial charge in [0.1, 0.15) is 6.04 Å². The zero-order valence-electron chi connectivity index (χ0n) is 12.7. The van der Waals surface area contributed by atoms with Crippen molar-refractivity contribution in [1.82, 2.24) is 10.2 Å². The molecule has 0 saturated heterocycles. The number of unbranched alkanes of at least 4 members (excludes halogenated alkanes) is 2. The highest BCUT2D eigenvalue weighted by molar-refractivity contribution is 5.82. The molecule has 0 radical (unpaired) electrons. The summed E-state index contributed by atoms with van der Waals surface area (Å²) in [5, 5.41) is 11.8. The largest absolute Gasteiger partial charge is 0.480 e. The molecule has 0 aliphatic carbocycles. The first-order valence-electron chi connectivity index (χ1n) is 7.33. The van der Waals surface area contributed by atoms with Crippen molar-refractivity contribution in [2.75, 3.05) is 13.6 Å². The number of hydrogen-bond donors (Lipinski definition) is 2. The van der Waals surface area contributed by atoms with Crippen LogP contribution in [0.4, 0.5) is 4.79 Å².